The highest BCUT2D eigenvalue weighted by Gasteiger charge is 2.44. The van der Waals surface area contributed by atoms with Crippen molar-refractivity contribution in [1.29, 1.82) is 0 Å². The van der Waals surface area contributed by atoms with Gasteiger partial charge in [0.05, 0.1) is 11.5 Å². The number of piperidine rings is 1. The molecule has 0 spiro atoms. The lowest BCUT2D eigenvalue weighted by Gasteiger charge is -2.43. The first-order chi connectivity index (χ1) is 12.7. The number of halogens is 1. The fourth-order valence-electron chi connectivity index (χ4n) is 4.73. The molecule has 4 nitrogen and oxygen atoms in total. The zero-order chi connectivity index (χ0) is 18.4. The van der Waals surface area contributed by atoms with E-state index in [0.717, 1.165) is 64.6 Å². The largest absolute Gasteiger partial charge is 0.378 e. The molecule has 2 fully saturated rings. The van der Waals surface area contributed by atoms with Crippen molar-refractivity contribution >= 4 is 18.3 Å². The fraction of sp³-hybridized carbons (Fsp3) is 0.682. The molecule has 0 radical (unpaired) electrons. The third-order valence-electron chi connectivity index (χ3n) is 6.21. The first kappa shape index (κ1) is 22.2. The van der Waals surface area contributed by atoms with Gasteiger partial charge in [-0.3, -0.25) is 4.79 Å². The Bertz CT molecular complexity index is 594. The number of nitrogens with zero attached hydrogens (tertiary/aromatic N) is 1. The number of aryl methyl sites for hydroxylation is 1. The van der Waals surface area contributed by atoms with E-state index in [1.165, 1.54) is 17.5 Å². The standard InChI is InChI=1S/C22H34N2O2.ClH/c1-18-8-3-4-9-20(18)22(12-5-2-6-13-22)21(25)24-15-10-19(11-16-24)26-17-7-14-23;/h3-4,8-9,19H,2,5-7,10-17,23H2,1H3;1H. The monoisotopic (exact) mass is 394 g/mol. The van der Waals surface area contributed by atoms with Crippen LogP contribution in [0.3, 0.4) is 0 Å². The number of hydrogen-bond acceptors (Lipinski definition) is 3. The van der Waals surface area contributed by atoms with Crippen LogP contribution in [-0.4, -0.2) is 43.2 Å². The molecule has 1 aliphatic heterocycles. The van der Waals surface area contributed by atoms with Crippen molar-refractivity contribution in [1.82, 2.24) is 4.90 Å². The number of ether oxygens (including phenoxy) is 1. The minimum Gasteiger partial charge on any atom is -0.378 e. The second-order valence-electron chi connectivity index (χ2n) is 7.96. The predicted molar refractivity (Wildman–Crippen MR) is 112 cm³/mol. The van der Waals surface area contributed by atoms with Crippen molar-refractivity contribution in [2.75, 3.05) is 26.2 Å². The van der Waals surface area contributed by atoms with Crippen LogP contribution >= 0.6 is 12.4 Å². The molecule has 0 atom stereocenters. The average Bonchev–Trinajstić information content (AvgIpc) is 2.69. The summed E-state index contributed by atoms with van der Waals surface area (Å²) >= 11 is 0. The van der Waals surface area contributed by atoms with Crippen LogP contribution in [0.15, 0.2) is 24.3 Å². The number of amides is 1. The number of carbonyl (C=O) groups is 1. The van der Waals surface area contributed by atoms with E-state index in [2.05, 4.69) is 36.1 Å². The molecule has 1 saturated heterocycles. The molecule has 0 unspecified atom stereocenters. The quantitative estimate of drug-likeness (QED) is 0.742. The van der Waals surface area contributed by atoms with E-state index < -0.39 is 0 Å². The minimum atomic E-state index is -0.309. The fourth-order valence-corrected chi connectivity index (χ4v) is 4.73. The first-order valence-electron chi connectivity index (χ1n) is 10.3. The summed E-state index contributed by atoms with van der Waals surface area (Å²) in [6, 6.07) is 8.49. The number of benzene rings is 1. The van der Waals surface area contributed by atoms with Gasteiger partial charge in [0.2, 0.25) is 5.91 Å². The summed E-state index contributed by atoms with van der Waals surface area (Å²) in [5, 5.41) is 0. The predicted octanol–water partition coefficient (Wildman–Crippen LogP) is 3.98. The average molecular weight is 395 g/mol. The van der Waals surface area contributed by atoms with Crippen molar-refractivity contribution in [2.45, 2.75) is 69.8 Å². The summed E-state index contributed by atoms with van der Waals surface area (Å²) in [4.78, 5) is 15.8. The van der Waals surface area contributed by atoms with E-state index in [0.29, 0.717) is 12.5 Å². The molecule has 152 valence electrons. The van der Waals surface area contributed by atoms with Crippen LogP contribution in [0.4, 0.5) is 0 Å². The molecule has 27 heavy (non-hydrogen) atoms. The zero-order valence-corrected chi connectivity index (χ0v) is 17.4. The lowest BCUT2D eigenvalue weighted by atomic mass is 9.67. The molecule has 1 aliphatic carbocycles. The molecular formula is C22H35ClN2O2. The highest BCUT2D eigenvalue weighted by Crippen LogP contribution is 2.42. The molecule has 3 rings (SSSR count). The third kappa shape index (κ3) is 5.04. The van der Waals surface area contributed by atoms with E-state index in [4.69, 9.17) is 10.5 Å². The second kappa shape index (κ2) is 10.4. The Morgan fingerprint density at radius 1 is 1.19 bits per heavy atom. The molecule has 0 bridgehead atoms. The summed E-state index contributed by atoms with van der Waals surface area (Å²) in [6.45, 7) is 5.20. The maximum Gasteiger partial charge on any atom is 0.233 e. The molecule has 1 saturated carbocycles. The van der Waals surface area contributed by atoms with Gasteiger partial charge in [-0.2, -0.15) is 0 Å². The Morgan fingerprint density at radius 3 is 2.48 bits per heavy atom. The van der Waals surface area contributed by atoms with Crippen LogP contribution in [0.2, 0.25) is 0 Å². The van der Waals surface area contributed by atoms with Crippen LogP contribution < -0.4 is 5.73 Å². The molecule has 2 aliphatic rings. The molecule has 1 aromatic rings. The first-order valence-corrected chi connectivity index (χ1v) is 10.3. The Balaban J connectivity index is 0.00000261. The number of likely N-dealkylation sites (tertiary alicyclic amines) is 1. The minimum absolute atomic E-state index is 0. The normalized spacial score (nSPS) is 20.1. The second-order valence-corrected chi connectivity index (χ2v) is 7.96. The Morgan fingerprint density at radius 2 is 1.85 bits per heavy atom. The number of hydrogen-bond donors (Lipinski definition) is 1. The number of nitrogens with two attached hydrogens (primary N) is 1. The van der Waals surface area contributed by atoms with Gasteiger partial charge in [0.1, 0.15) is 0 Å². The summed E-state index contributed by atoms with van der Waals surface area (Å²) in [5.41, 5.74) is 7.74. The zero-order valence-electron chi connectivity index (χ0n) is 16.6. The summed E-state index contributed by atoms with van der Waals surface area (Å²) < 4.78 is 5.91. The molecular weight excluding hydrogens is 360 g/mol. The SMILES string of the molecule is Cc1ccccc1C1(C(=O)N2CCC(OCCCN)CC2)CCCCC1.Cl. The van der Waals surface area contributed by atoms with Crippen LogP contribution in [0, 0.1) is 6.92 Å². The van der Waals surface area contributed by atoms with Gasteiger partial charge in [-0.05, 0) is 56.7 Å². The van der Waals surface area contributed by atoms with Crippen molar-refractivity contribution in [2.24, 2.45) is 5.73 Å². The molecule has 1 heterocycles. The Labute approximate surface area is 170 Å². The van der Waals surface area contributed by atoms with Gasteiger partial charge in [-0.15, -0.1) is 12.4 Å². The maximum atomic E-state index is 13.7. The molecule has 1 aromatic carbocycles. The van der Waals surface area contributed by atoms with Crippen LogP contribution in [0.25, 0.3) is 0 Å². The van der Waals surface area contributed by atoms with Crippen molar-refractivity contribution in [3.8, 4) is 0 Å². The van der Waals surface area contributed by atoms with Crippen molar-refractivity contribution < 1.29 is 9.53 Å². The smallest absolute Gasteiger partial charge is 0.233 e. The van der Waals surface area contributed by atoms with E-state index in [1.54, 1.807) is 0 Å². The van der Waals surface area contributed by atoms with E-state index in [1.807, 2.05) is 0 Å². The van der Waals surface area contributed by atoms with Gasteiger partial charge in [-0.25, -0.2) is 0 Å². The summed E-state index contributed by atoms with van der Waals surface area (Å²) in [6.07, 6.45) is 8.62. The van der Waals surface area contributed by atoms with Gasteiger partial charge >= 0.3 is 0 Å². The van der Waals surface area contributed by atoms with E-state index >= 15 is 0 Å². The van der Waals surface area contributed by atoms with Gasteiger partial charge in [-0.1, -0.05) is 43.5 Å². The Hall–Kier alpha value is -1.10. The van der Waals surface area contributed by atoms with Gasteiger partial charge in [0.15, 0.2) is 0 Å². The summed E-state index contributed by atoms with van der Waals surface area (Å²) in [5.74, 6) is 0.354. The lowest BCUT2D eigenvalue weighted by Crippen LogP contribution is -2.51. The molecule has 2 N–H and O–H groups in total. The topological polar surface area (TPSA) is 55.6 Å². The van der Waals surface area contributed by atoms with Crippen LogP contribution in [0.5, 0.6) is 0 Å². The Kier molecular flexibility index (Phi) is 8.59. The van der Waals surface area contributed by atoms with E-state index in [-0.39, 0.29) is 23.9 Å². The van der Waals surface area contributed by atoms with Crippen molar-refractivity contribution in [3.63, 3.8) is 0 Å². The van der Waals surface area contributed by atoms with Crippen LogP contribution in [0.1, 0.15) is 62.5 Å². The molecule has 1 amide bonds. The van der Waals surface area contributed by atoms with Gasteiger partial charge in [0.25, 0.3) is 0 Å². The molecule has 0 aromatic heterocycles. The van der Waals surface area contributed by atoms with Crippen molar-refractivity contribution in [3.05, 3.63) is 35.4 Å². The van der Waals surface area contributed by atoms with Gasteiger partial charge < -0.3 is 15.4 Å². The lowest BCUT2D eigenvalue weighted by molar-refractivity contribution is -0.141. The van der Waals surface area contributed by atoms with Gasteiger partial charge in [0, 0.05) is 19.7 Å². The number of carbonyl (C=O) groups excluding carboxylic acids is 1. The third-order valence-corrected chi connectivity index (χ3v) is 6.21. The van der Waals surface area contributed by atoms with Crippen LogP contribution in [-0.2, 0) is 14.9 Å². The van der Waals surface area contributed by atoms with E-state index in [9.17, 15) is 4.79 Å². The number of rotatable bonds is 6. The molecule has 5 heteroatoms. The summed E-state index contributed by atoms with van der Waals surface area (Å²) in [7, 11) is 0. The highest BCUT2D eigenvalue weighted by molar-refractivity contribution is 5.89. The maximum absolute atomic E-state index is 13.7. The highest BCUT2D eigenvalue weighted by atomic mass is 35.5.